The monoisotopic (exact) mass is 217 g/mol. The Morgan fingerprint density at radius 3 is 2.27 bits per heavy atom. The average molecular weight is 217 g/mol. The minimum Gasteiger partial charge on any atom is -0.468 e. The van der Waals surface area contributed by atoms with Crippen LogP contribution >= 0.6 is 0 Å². The molecule has 0 amide bonds. The maximum atomic E-state index is 11.5. The third-order valence-corrected chi connectivity index (χ3v) is 2.20. The van der Waals surface area contributed by atoms with Crippen LogP contribution in [-0.4, -0.2) is 39.4 Å². The zero-order valence-corrected chi connectivity index (χ0v) is 10.4. The molecule has 1 N–H and O–H groups in total. The molecule has 0 radical (unpaired) electrons. The lowest BCUT2D eigenvalue weighted by atomic mass is 10.0. The molecule has 0 rings (SSSR count). The van der Waals surface area contributed by atoms with Crippen molar-refractivity contribution >= 4 is 5.97 Å². The smallest absolute Gasteiger partial charge is 0.323 e. The second-order valence-electron chi connectivity index (χ2n) is 4.24. The van der Waals surface area contributed by atoms with Crippen LogP contribution in [-0.2, 0) is 14.3 Å². The van der Waals surface area contributed by atoms with Gasteiger partial charge in [0.05, 0.1) is 13.7 Å². The van der Waals surface area contributed by atoms with Gasteiger partial charge < -0.3 is 14.8 Å². The summed E-state index contributed by atoms with van der Waals surface area (Å²) in [5.41, 5.74) is 0. The van der Waals surface area contributed by atoms with E-state index in [0.29, 0.717) is 12.5 Å². The molecule has 90 valence electrons. The van der Waals surface area contributed by atoms with Crippen LogP contribution in [0.5, 0.6) is 0 Å². The topological polar surface area (TPSA) is 47.6 Å². The minimum absolute atomic E-state index is 0.112. The van der Waals surface area contributed by atoms with Crippen molar-refractivity contribution in [3.05, 3.63) is 0 Å². The summed E-state index contributed by atoms with van der Waals surface area (Å²) in [4.78, 5) is 11.5. The van der Waals surface area contributed by atoms with Gasteiger partial charge in [0.25, 0.3) is 0 Å². The Kier molecular flexibility index (Phi) is 7.34. The maximum Gasteiger partial charge on any atom is 0.323 e. The lowest BCUT2D eigenvalue weighted by molar-refractivity contribution is -0.145. The Balaban J connectivity index is 4.23. The molecule has 0 aliphatic carbocycles. The van der Waals surface area contributed by atoms with Gasteiger partial charge >= 0.3 is 5.97 Å². The second kappa shape index (κ2) is 7.65. The molecule has 0 aromatic carbocycles. The molecule has 4 nitrogen and oxygen atoms in total. The third kappa shape index (κ3) is 5.74. The van der Waals surface area contributed by atoms with Crippen molar-refractivity contribution in [2.75, 3.05) is 27.4 Å². The molecular formula is C11H23NO3. The number of nitrogens with one attached hydrogen (secondary N) is 1. The number of esters is 1. The van der Waals surface area contributed by atoms with Gasteiger partial charge in [-0.2, -0.15) is 0 Å². The Labute approximate surface area is 92.3 Å². The summed E-state index contributed by atoms with van der Waals surface area (Å²) in [6.07, 6.45) is 0. The number of carbonyl (C=O) groups is 1. The van der Waals surface area contributed by atoms with Crippen molar-refractivity contribution in [2.45, 2.75) is 26.8 Å². The number of methoxy groups -OCH3 is 2. The van der Waals surface area contributed by atoms with Crippen LogP contribution in [0.15, 0.2) is 0 Å². The standard InChI is InChI=1S/C11H23NO3/c1-8(2)6-12-10(11(13)15-5)9(3)7-14-4/h8-10,12H,6-7H2,1-5H3. The van der Waals surface area contributed by atoms with Crippen LogP contribution in [0.2, 0.25) is 0 Å². The van der Waals surface area contributed by atoms with Crippen LogP contribution in [0.1, 0.15) is 20.8 Å². The van der Waals surface area contributed by atoms with Crippen LogP contribution in [0.3, 0.4) is 0 Å². The van der Waals surface area contributed by atoms with Gasteiger partial charge in [-0.05, 0) is 12.5 Å². The molecule has 0 saturated carbocycles. The van der Waals surface area contributed by atoms with Crippen LogP contribution in [0.4, 0.5) is 0 Å². The first kappa shape index (κ1) is 14.4. The van der Waals surface area contributed by atoms with Gasteiger partial charge in [0.15, 0.2) is 0 Å². The average Bonchev–Trinajstić information content (AvgIpc) is 2.17. The number of hydrogen-bond acceptors (Lipinski definition) is 4. The molecule has 0 saturated heterocycles. The fourth-order valence-corrected chi connectivity index (χ4v) is 1.37. The zero-order valence-electron chi connectivity index (χ0n) is 10.4. The molecule has 4 heteroatoms. The Bertz CT molecular complexity index is 183. The van der Waals surface area contributed by atoms with E-state index in [2.05, 4.69) is 19.2 Å². The summed E-state index contributed by atoms with van der Waals surface area (Å²) in [5.74, 6) is 0.397. The molecule has 0 aromatic heterocycles. The lowest BCUT2D eigenvalue weighted by Gasteiger charge is -2.23. The van der Waals surface area contributed by atoms with Gasteiger partial charge in [0, 0.05) is 13.0 Å². The van der Waals surface area contributed by atoms with Gasteiger partial charge in [0.2, 0.25) is 0 Å². The third-order valence-electron chi connectivity index (χ3n) is 2.20. The normalized spacial score (nSPS) is 15.1. The highest BCUT2D eigenvalue weighted by molar-refractivity contribution is 5.76. The highest BCUT2D eigenvalue weighted by Gasteiger charge is 2.25. The molecule has 15 heavy (non-hydrogen) atoms. The van der Waals surface area contributed by atoms with Crippen LogP contribution in [0, 0.1) is 11.8 Å². The van der Waals surface area contributed by atoms with Gasteiger partial charge in [0.1, 0.15) is 6.04 Å². The van der Waals surface area contributed by atoms with E-state index in [1.165, 1.54) is 7.11 Å². The molecule has 0 aliphatic heterocycles. The first-order chi connectivity index (χ1) is 7.02. The highest BCUT2D eigenvalue weighted by Crippen LogP contribution is 2.06. The Hall–Kier alpha value is -0.610. The summed E-state index contributed by atoms with van der Waals surface area (Å²) < 4.78 is 9.79. The fraction of sp³-hybridized carbons (Fsp3) is 0.909. The fourth-order valence-electron chi connectivity index (χ4n) is 1.37. The molecule has 0 bridgehead atoms. The van der Waals surface area contributed by atoms with Crippen LogP contribution < -0.4 is 5.32 Å². The summed E-state index contributed by atoms with van der Waals surface area (Å²) >= 11 is 0. The van der Waals surface area contributed by atoms with Crippen LogP contribution in [0.25, 0.3) is 0 Å². The molecule has 2 unspecified atom stereocenters. The predicted octanol–water partition coefficient (Wildman–Crippen LogP) is 1.06. The molecule has 2 atom stereocenters. The predicted molar refractivity (Wildman–Crippen MR) is 59.7 cm³/mol. The van der Waals surface area contributed by atoms with E-state index in [9.17, 15) is 4.79 Å². The first-order valence-corrected chi connectivity index (χ1v) is 5.33. The first-order valence-electron chi connectivity index (χ1n) is 5.33. The maximum absolute atomic E-state index is 11.5. The van der Waals surface area contributed by atoms with E-state index in [1.54, 1.807) is 7.11 Å². The summed E-state index contributed by atoms with van der Waals surface area (Å²) in [6, 6.07) is -0.280. The van der Waals surface area contributed by atoms with Gasteiger partial charge in [-0.1, -0.05) is 20.8 Å². The van der Waals surface area contributed by atoms with Crippen molar-refractivity contribution < 1.29 is 14.3 Å². The zero-order chi connectivity index (χ0) is 11.8. The van der Waals surface area contributed by atoms with Crippen molar-refractivity contribution in [3.8, 4) is 0 Å². The Morgan fingerprint density at radius 1 is 1.27 bits per heavy atom. The molecule has 0 heterocycles. The number of ether oxygens (including phenoxy) is 2. The Morgan fingerprint density at radius 2 is 1.87 bits per heavy atom. The SMILES string of the molecule is COCC(C)C(NCC(C)C)C(=O)OC. The van der Waals surface area contributed by atoms with Gasteiger partial charge in [-0.25, -0.2) is 0 Å². The molecule has 0 fully saturated rings. The molecule has 0 spiro atoms. The van der Waals surface area contributed by atoms with E-state index in [4.69, 9.17) is 9.47 Å². The quantitative estimate of drug-likeness (QED) is 0.648. The molecular weight excluding hydrogens is 194 g/mol. The number of rotatable bonds is 7. The van der Waals surface area contributed by atoms with E-state index >= 15 is 0 Å². The van der Waals surface area contributed by atoms with E-state index < -0.39 is 0 Å². The van der Waals surface area contributed by atoms with Crippen molar-refractivity contribution in [1.29, 1.82) is 0 Å². The van der Waals surface area contributed by atoms with Crippen molar-refractivity contribution in [2.24, 2.45) is 11.8 Å². The van der Waals surface area contributed by atoms with Gasteiger partial charge in [-0.15, -0.1) is 0 Å². The van der Waals surface area contributed by atoms with Gasteiger partial charge in [-0.3, -0.25) is 4.79 Å². The van der Waals surface area contributed by atoms with Crippen molar-refractivity contribution in [3.63, 3.8) is 0 Å². The van der Waals surface area contributed by atoms with E-state index in [1.807, 2.05) is 6.92 Å². The largest absolute Gasteiger partial charge is 0.468 e. The molecule has 0 aliphatic rings. The van der Waals surface area contributed by atoms with E-state index in [-0.39, 0.29) is 17.9 Å². The lowest BCUT2D eigenvalue weighted by Crippen LogP contribution is -2.45. The second-order valence-corrected chi connectivity index (χ2v) is 4.24. The minimum atomic E-state index is -0.280. The number of hydrogen-bond donors (Lipinski definition) is 1. The number of carbonyl (C=O) groups excluding carboxylic acids is 1. The summed E-state index contributed by atoms with van der Waals surface area (Å²) in [6.45, 7) is 7.52. The molecule has 0 aromatic rings. The highest BCUT2D eigenvalue weighted by atomic mass is 16.5. The van der Waals surface area contributed by atoms with Crippen molar-refractivity contribution in [1.82, 2.24) is 5.32 Å². The summed E-state index contributed by atoms with van der Waals surface area (Å²) in [5, 5.41) is 3.20. The van der Waals surface area contributed by atoms with E-state index in [0.717, 1.165) is 6.54 Å². The summed E-state index contributed by atoms with van der Waals surface area (Å²) in [7, 11) is 3.04.